The van der Waals surface area contributed by atoms with Crippen molar-refractivity contribution in [1.29, 1.82) is 0 Å². The second-order valence-electron chi connectivity index (χ2n) is 5.50. The van der Waals surface area contributed by atoms with Crippen molar-refractivity contribution in [3.8, 4) is 0 Å². The summed E-state index contributed by atoms with van der Waals surface area (Å²) in [7, 11) is 0. The van der Waals surface area contributed by atoms with Crippen LogP contribution in [0.15, 0.2) is 53.5 Å². The Morgan fingerprint density at radius 2 is 2.05 bits per heavy atom. The lowest BCUT2D eigenvalue weighted by Gasteiger charge is -2.22. The van der Waals surface area contributed by atoms with Gasteiger partial charge in [0.2, 0.25) is 0 Å². The van der Waals surface area contributed by atoms with Gasteiger partial charge in [0.1, 0.15) is 0 Å². The summed E-state index contributed by atoms with van der Waals surface area (Å²) >= 11 is 0. The van der Waals surface area contributed by atoms with Gasteiger partial charge in [-0.2, -0.15) is 0 Å². The van der Waals surface area contributed by atoms with Crippen molar-refractivity contribution in [3.63, 3.8) is 0 Å². The number of aromatic amines is 1. The van der Waals surface area contributed by atoms with Gasteiger partial charge in [0, 0.05) is 29.9 Å². The SMILES string of the molecule is O=c1[nH]c2ccccc2cc1C1=CCN(C2CC2)C=C1. The number of rotatable bonds is 2. The molecule has 0 unspecified atom stereocenters. The molecule has 1 aromatic heterocycles. The molecule has 0 saturated heterocycles. The maximum atomic E-state index is 12.2. The highest BCUT2D eigenvalue weighted by Gasteiger charge is 2.27. The van der Waals surface area contributed by atoms with E-state index in [0.717, 1.165) is 34.6 Å². The number of pyridine rings is 1. The van der Waals surface area contributed by atoms with Gasteiger partial charge in [-0.25, -0.2) is 0 Å². The molecular weight excluding hydrogens is 248 g/mol. The van der Waals surface area contributed by atoms with Crippen LogP contribution in [0.1, 0.15) is 18.4 Å². The van der Waals surface area contributed by atoms with Gasteiger partial charge in [-0.1, -0.05) is 24.3 Å². The summed E-state index contributed by atoms with van der Waals surface area (Å²) in [6.45, 7) is 0.906. The van der Waals surface area contributed by atoms with Gasteiger partial charge in [0.15, 0.2) is 0 Å². The molecule has 2 aliphatic rings. The van der Waals surface area contributed by atoms with Crippen molar-refractivity contribution < 1.29 is 0 Å². The number of nitrogens with zero attached hydrogens (tertiary/aromatic N) is 1. The smallest absolute Gasteiger partial charge is 0.256 e. The number of benzene rings is 1. The zero-order valence-corrected chi connectivity index (χ0v) is 11.2. The fourth-order valence-corrected chi connectivity index (χ4v) is 2.75. The fourth-order valence-electron chi connectivity index (χ4n) is 2.75. The highest BCUT2D eigenvalue weighted by atomic mass is 16.1. The van der Waals surface area contributed by atoms with E-state index in [-0.39, 0.29) is 5.56 Å². The Kier molecular flexibility index (Phi) is 2.52. The van der Waals surface area contributed by atoms with Gasteiger partial charge < -0.3 is 9.88 Å². The Hall–Kier alpha value is -2.29. The van der Waals surface area contributed by atoms with E-state index in [1.165, 1.54) is 12.8 Å². The third-order valence-electron chi connectivity index (χ3n) is 4.05. The summed E-state index contributed by atoms with van der Waals surface area (Å²) in [6, 6.07) is 10.6. The predicted molar refractivity (Wildman–Crippen MR) is 81.4 cm³/mol. The highest BCUT2D eigenvalue weighted by Crippen LogP contribution is 2.30. The molecule has 0 atom stereocenters. The monoisotopic (exact) mass is 264 g/mol. The number of hydrogen-bond acceptors (Lipinski definition) is 2. The summed E-state index contributed by atoms with van der Waals surface area (Å²) in [5.74, 6) is 0. The quantitative estimate of drug-likeness (QED) is 0.905. The summed E-state index contributed by atoms with van der Waals surface area (Å²) in [5, 5.41) is 1.07. The van der Waals surface area contributed by atoms with Crippen LogP contribution in [0, 0.1) is 0 Å². The molecule has 1 aliphatic heterocycles. The molecule has 3 nitrogen and oxygen atoms in total. The first-order chi connectivity index (χ1) is 9.81. The van der Waals surface area contributed by atoms with Crippen LogP contribution < -0.4 is 5.56 Å². The molecule has 1 aromatic carbocycles. The fraction of sp³-hybridized carbons (Fsp3) is 0.235. The van der Waals surface area contributed by atoms with Crippen molar-refractivity contribution in [1.82, 2.24) is 9.88 Å². The standard InChI is InChI=1S/C17H16N2O/c20-17-15(11-13-3-1-2-4-16(13)18-17)12-7-9-19(10-8-12)14-5-6-14/h1-4,7-9,11,14H,5-6,10H2,(H,18,20). The second-order valence-corrected chi connectivity index (χ2v) is 5.50. The van der Waals surface area contributed by atoms with Crippen molar-refractivity contribution in [2.75, 3.05) is 6.54 Å². The van der Waals surface area contributed by atoms with E-state index >= 15 is 0 Å². The van der Waals surface area contributed by atoms with Crippen LogP contribution in [0.2, 0.25) is 0 Å². The van der Waals surface area contributed by atoms with E-state index in [2.05, 4.69) is 28.2 Å². The lowest BCUT2D eigenvalue weighted by Crippen LogP contribution is -2.22. The van der Waals surface area contributed by atoms with Crippen molar-refractivity contribution >= 4 is 16.5 Å². The molecule has 0 spiro atoms. The Balaban J connectivity index is 1.73. The molecule has 2 heterocycles. The molecule has 2 aromatic rings. The molecule has 0 radical (unpaired) electrons. The normalized spacial score (nSPS) is 18.4. The molecule has 1 fully saturated rings. The number of para-hydroxylation sites is 1. The Bertz CT molecular complexity index is 781. The maximum absolute atomic E-state index is 12.2. The Labute approximate surface area is 117 Å². The first-order valence-electron chi connectivity index (χ1n) is 7.08. The lowest BCUT2D eigenvalue weighted by atomic mass is 10.0. The van der Waals surface area contributed by atoms with Crippen molar-refractivity contribution in [2.45, 2.75) is 18.9 Å². The average Bonchev–Trinajstić information content (AvgIpc) is 3.31. The number of hydrogen-bond donors (Lipinski definition) is 1. The number of H-pyrrole nitrogens is 1. The molecule has 1 aliphatic carbocycles. The molecule has 0 bridgehead atoms. The Morgan fingerprint density at radius 3 is 2.80 bits per heavy atom. The summed E-state index contributed by atoms with van der Waals surface area (Å²) in [6.07, 6.45) is 8.93. The highest BCUT2D eigenvalue weighted by molar-refractivity contribution is 5.84. The molecule has 20 heavy (non-hydrogen) atoms. The topological polar surface area (TPSA) is 36.1 Å². The third kappa shape index (κ3) is 1.95. The maximum Gasteiger partial charge on any atom is 0.256 e. The largest absolute Gasteiger partial charge is 0.371 e. The minimum absolute atomic E-state index is 0.0144. The average molecular weight is 264 g/mol. The van der Waals surface area contributed by atoms with Gasteiger partial charge in [0.25, 0.3) is 5.56 Å². The molecule has 3 heteroatoms. The van der Waals surface area contributed by atoms with Crippen LogP contribution >= 0.6 is 0 Å². The molecule has 0 amide bonds. The number of nitrogens with one attached hydrogen (secondary N) is 1. The number of fused-ring (bicyclic) bond motifs is 1. The molecule has 1 N–H and O–H groups in total. The van der Waals surface area contributed by atoms with Crippen molar-refractivity contribution in [3.05, 3.63) is 64.6 Å². The summed E-state index contributed by atoms with van der Waals surface area (Å²) in [5.41, 5.74) is 2.66. The predicted octanol–water partition coefficient (Wildman–Crippen LogP) is 2.90. The zero-order chi connectivity index (χ0) is 13.5. The van der Waals surface area contributed by atoms with Crippen LogP contribution in [0.5, 0.6) is 0 Å². The molecular formula is C17H16N2O. The summed E-state index contributed by atoms with van der Waals surface area (Å²) < 4.78 is 0. The van der Waals surface area contributed by atoms with Gasteiger partial charge in [0.05, 0.1) is 0 Å². The zero-order valence-electron chi connectivity index (χ0n) is 11.2. The van der Waals surface area contributed by atoms with E-state index in [0.29, 0.717) is 0 Å². The van der Waals surface area contributed by atoms with Crippen LogP contribution in [0.3, 0.4) is 0 Å². The number of aromatic nitrogens is 1. The van der Waals surface area contributed by atoms with E-state index < -0.39 is 0 Å². The summed E-state index contributed by atoms with van der Waals surface area (Å²) in [4.78, 5) is 17.5. The minimum Gasteiger partial charge on any atom is -0.371 e. The minimum atomic E-state index is -0.0144. The first-order valence-corrected chi connectivity index (χ1v) is 7.08. The van der Waals surface area contributed by atoms with Crippen LogP contribution in [0.25, 0.3) is 16.5 Å². The molecule has 1 saturated carbocycles. The van der Waals surface area contributed by atoms with E-state index in [4.69, 9.17) is 0 Å². The molecule has 4 rings (SSSR count). The van der Waals surface area contributed by atoms with E-state index in [1.807, 2.05) is 30.3 Å². The lowest BCUT2D eigenvalue weighted by molar-refractivity contribution is 0.403. The van der Waals surface area contributed by atoms with Gasteiger partial charge >= 0.3 is 0 Å². The molecule has 100 valence electrons. The third-order valence-corrected chi connectivity index (χ3v) is 4.05. The van der Waals surface area contributed by atoms with Crippen LogP contribution in [-0.2, 0) is 0 Å². The van der Waals surface area contributed by atoms with Gasteiger partial charge in [-0.15, -0.1) is 0 Å². The van der Waals surface area contributed by atoms with Crippen molar-refractivity contribution in [2.24, 2.45) is 0 Å². The number of allylic oxidation sites excluding steroid dienone is 2. The van der Waals surface area contributed by atoms with Gasteiger partial charge in [-0.05, 0) is 42.0 Å². The Morgan fingerprint density at radius 1 is 1.20 bits per heavy atom. The van der Waals surface area contributed by atoms with Gasteiger partial charge in [-0.3, -0.25) is 4.79 Å². The van der Waals surface area contributed by atoms with E-state index in [1.54, 1.807) is 0 Å². The first kappa shape index (κ1) is 11.5. The van der Waals surface area contributed by atoms with Crippen LogP contribution in [0.4, 0.5) is 0 Å². The van der Waals surface area contributed by atoms with Crippen LogP contribution in [-0.4, -0.2) is 22.5 Å². The second kappa shape index (κ2) is 4.37. The van der Waals surface area contributed by atoms with E-state index in [9.17, 15) is 4.79 Å².